The highest BCUT2D eigenvalue weighted by Crippen LogP contribution is 2.58. The third-order valence-electron chi connectivity index (χ3n) is 8.75. The first kappa shape index (κ1) is 24.6. The molecule has 0 radical (unpaired) electrons. The summed E-state index contributed by atoms with van der Waals surface area (Å²) in [5.41, 5.74) is 12.8. The fourth-order valence-electron chi connectivity index (χ4n) is 6.96. The molecule has 0 amide bonds. The lowest BCUT2D eigenvalue weighted by Gasteiger charge is -2.20. The molecule has 9 rings (SSSR count). The molecule has 0 saturated carbocycles. The van der Waals surface area contributed by atoms with Crippen molar-refractivity contribution in [3.63, 3.8) is 0 Å². The van der Waals surface area contributed by atoms with Crippen molar-refractivity contribution in [1.29, 1.82) is 0 Å². The molecule has 3 heteroatoms. The molecule has 204 valence electrons. The lowest BCUT2D eigenvalue weighted by atomic mass is 9.82. The van der Waals surface area contributed by atoms with Crippen LogP contribution >= 0.6 is 0 Å². The Hall–Kier alpha value is -5.93. The number of pyridine rings is 1. The van der Waals surface area contributed by atoms with Gasteiger partial charge in [0, 0.05) is 18.0 Å². The van der Waals surface area contributed by atoms with Gasteiger partial charge in [-0.2, -0.15) is 0 Å². The second kappa shape index (κ2) is 9.82. The summed E-state index contributed by atoms with van der Waals surface area (Å²) in [6, 6.07) is 49.6. The quantitative estimate of drug-likeness (QED) is 0.215. The summed E-state index contributed by atoms with van der Waals surface area (Å²) in [4.78, 5) is 14.0. The molecule has 0 saturated heterocycles. The van der Waals surface area contributed by atoms with E-state index in [4.69, 9.17) is 4.98 Å². The van der Waals surface area contributed by atoms with Crippen LogP contribution in [0.3, 0.4) is 0 Å². The normalized spacial score (nSPS) is 11.6. The van der Waals surface area contributed by atoms with Crippen molar-refractivity contribution in [3.05, 3.63) is 152 Å². The molecule has 0 aliphatic heterocycles. The zero-order valence-corrected chi connectivity index (χ0v) is 23.8. The van der Waals surface area contributed by atoms with Gasteiger partial charge in [-0.15, -0.1) is 0 Å². The van der Waals surface area contributed by atoms with Crippen molar-refractivity contribution in [2.24, 2.45) is 0 Å². The Morgan fingerprint density at radius 3 is 1.59 bits per heavy atom. The molecule has 2 aromatic heterocycles. The Balaban J connectivity index is 1.39. The van der Waals surface area contributed by atoms with Gasteiger partial charge in [0.1, 0.15) is 5.69 Å². The summed E-state index contributed by atoms with van der Waals surface area (Å²) in [5, 5.41) is 4.97. The van der Waals surface area contributed by atoms with E-state index in [0.717, 1.165) is 17.0 Å². The van der Waals surface area contributed by atoms with Crippen molar-refractivity contribution < 1.29 is 0 Å². The first-order valence-corrected chi connectivity index (χ1v) is 14.9. The van der Waals surface area contributed by atoms with Crippen molar-refractivity contribution in [1.82, 2.24) is 15.0 Å². The van der Waals surface area contributed by atoms with Gasteiger partial charge in [0.2, 0.25) is 0 Å². The Labute approximate surface area is 255 Å². The van der Waals surface area contributed by atoms with Gasteiger partial charge in [-0.25, -0.2) is 9.97 Å². The zero-order chi connectivity index (χ0) is 29.0. The average molecular weight is 560 g/mol. The summed E-state index contributed by atoms with van der Waals surface area (Å²) in [6.45, 7) is 0. The van der Waals surface area contributed by atoms with Gasteiger partial charge < -0.3 is 0 Å². The minimum absolute atomic E-state index is 0.624. The molecule has 3 nitrogen and oxygen atoms in total. The maximum absolute atomic E-state index is 4.99. The molecule has 6 aromatic carbocycles. The third kappa shape index (κ3) is 3.66. The molecule has 8 aromatic rings. The van der Waals surface area contributed by atoms with Crippen molar-refractivity contribution in [2.45, 2.75) is 0 Å². The number of hydrogen-bond acceptors (Lipinski definition) is 3. The zero-order valence-electron chi connectivity index (χ0n) is 23.8. The van der Waals surface area contributed by atoms with E-state index in [-0.39, 0.29) is 0 Å². The number of rotatable bonds is 4. The minimum Gasteiger partial charge on any atom is -0.253 e. The maximum Gasteiger partial charge on any atom is 0.178 e. The van der Waals surface area contributed by atoms with E-state index in [2.05, 4.69) is 125 Å². The van der Waals surface area contributed by atoms with E-state index in [9.17, 15) is 0 Å². The SMILES string of the molecule is c1ccc(-c2c3c(c(-c4ccccc4)c4ccccc24)-c2ccc(-c4ccnc(-c5ccccn5)n4)c4cccc-3c24)cc1. The van der Waals surface area contributed by atoms with Crippen LogP contribution in [0, 0.1) is 0 Å². The van der Waals surface area contributed by atoms with Crippen LogP contribution in [0.15, 0.2) is 152 Å². The Bertz CT molecular complexity index is 2270. The fourth-order valence-corrected chi connectivity index (χ4v) is 6.96. The number of benzene rings is 6. The monoisotopic (exact) mass is 559 g/mol. The molecule has 0 atom stereocenters. The van der Waals surface area contributed by atoms with E-state index < -0.39 is 0 Å². The summed E-state index contributed by atoms with van der Waals surface area (Å²) in [5.74, 6) is 0.624. The first-order valence-electron chi connectivity index (χ1n) is 14.9. The van der Waals surface area contributed by atoms with E-state index in [0.29, 0.717) is 5.82 Å². The molecule has 2 heterocycles. The first-order chi connectivity index (χ1) is 21.9. The number of nitrogens with zero attached hydrogens (tertiary/aromatic N) is 3. The minimum atomic E-state index is 0.624. The smallest absolute Gasteiger partial charge is 0.178 e. The Kier molecular flexibility index (Phi) is 5.50. The van der Waals surface area contributed by atoms with Gasteiger partial charge in [0.15, 0.2) is 5.82 Å². The van der Waals surface area contributed by atoms with Crippen molar-refractivity contribution in [3.8, 4) is 67.3 Å². The third-order valence-corrected chi connectivity index (χ3v) is 8.75. The molecular weight excluding hydrogens is 534 g/mol. The molecule has 0 fully saturated rings. The van der Waals surface area contributed by atoms with Crippen LogP contribution in [-0.2, 0) is 0 Å². The molecule has 0 bridgehead atoms. The van der Waals surface area contributed by atoms with Crippen molar-refractivity contribution in [2.75, 3.05) is 0 Å². The van der Waals surface area contributed by atoms with Crippen LogP contribution in [0.5, 0.6) is 0 Å². The van der Waals surface area contributed by atoms with Gasteiger partial charge in [-0.3, -0.25) is 4.98 Å². The van der Waals surface area contributed by atoms with Gasteiger partial charge in [-0.1, -0.05) is 121 Å². The van der Waals surface area contributed by atoms with Crippen LogP contribution in [0.4, 0.5) is 0 Å². The molecule has 1 aliphatic rings. The van der Waals surface area contributed by atoms with E-state index in [1.165, 1.54) is 66.1 Å². The van der Waals surface area contributed by atoms with Crippen LogP contribution in [0.2, 0.25) is 0 Å². The lowest BCUT2D eigenvalue weighted by molar-refractivity contribution is 1.14. The van der Waals surface area contributed by atoms with Crippen LogP contribution in [0.25, 0.3) is 88.8 Å². The van der Waals surface area contributed by atoms with Crippen LogP contribution in [0.1, 0.15) is 0 Å². The largest absolute Gasteiger partial charge is 0.253 e. The second-order valence-corrected chi connectivity index (χ2v) is 11.1. The predicted molar refractivity (Wildman–Crippen MR) is 181 cm³/mol. The molecule has 0 spiro atoms. The topological polar surface area (TPSA) is 38.7 Å². The van der Waals surface area contributed by atoms with E-state index >= 15 is 0 Å². The highest BCUT2D eigenvalue weighted by atomic mass is 14.9. The second-order valence-electron chi connectivity index (χ2n) is 11.1. The Morgan fingerprint density at radius 1 is 0.341 bits per heavy atom. The number of aromatic nitrogens is 3. The summed E-state index contributed by atoms with van der Waals surface area (Å²) in [6.07, 6.45) is 3.61. The van der Waals surface area contributed by atoms with Crippen molar-refractivity contribution >= 4 is 21.5 Å². The molecule has 0 N–H and O–H groups in total. The fraction of sp³-hybridized carbons (Fsp3) is 0. The predicted octanol–water partition coefficient (Wildman–Crippen LogP) is 10.5. The highest BCUT2D eigenvalue weighted by molar-refractivity contribution is 6.28. The Morgan fingerprint density at radius 2 is 0.932 bits per heavy atom. The molecule has 44 heavy (non-hydrogen) atoms. The van der Waals surface area contributed by atoms with Crippen LogP contribution in [-0.4, -0.2) is 15.0 Å². The number of hydrogen-bond donors (Lipinski definition) is 0. The molecule has 1 aliphatic carbocycles. The van der Waals surface area contributed by atoms with Gasteiger partial charge in [0.25, 0.3) is 0 Å². The standard InChI is InChI=1S/C41H25N3/c1-3-12-26(13-4-1)36-30-16-7-8-17-31(30)37(27-14-5-2-6-15-27)40-33-22-21-28(29-18-11-19-32(38(29)33)39(36)40)34-23-25-43-41(44-34)35-20-9-10-24-42-35/h1-25H. The highest BCUT2D eigenvalue weighted by Gasteiger charge is 2.31. The lowest BCUT2D eigenvalue weighted by Crippen LogP contribution is -1.94. The van der Waals surface area contributed by atoms with Gasteiger partial charge >= 0.3 is 0 Å². The maximum atomic E-state index is 4.99. The molecular formula is C41H25N3. The molecule has 0 unspecified atom stereocenters. The summed E-state index contributed by atoms with van der Waals surface area (Å²) >= 11 is 0. The van der Waals surface area contributed by atoms with Gasteiger partial charge in [0.05, 0.1) is 5.69 Å². The average Bonchev–Trinajstić information content (AvgIpc) is 3.43. The summed E-state index contributed by atoms with van der Waals surface area (Å²) < 4.78 is 0. The number of fused-ring (bicyclic) bond motifs is 4. The van der Waals surface area contributed by atoms with E-state index in [1.807, 2.05) is 30.5 Å². The van der Waals surface area contributed by atoms with Crippen LogP contribution < -0.4 is 0 Å². The summed E-state index contributed by atoms with van der Waals surface area (Å²) in [7, 11) is 0. The van der Waals surface area contributed by atoms with E-state index in [1.54, 1.807) is 6.20 Å². The van der Waals surface area contributed by atoms with Gasteiger partial charge in [-0.05, 0) is 84.3 Å².